The minimum atomic E-state index is -1.26. The van der Waals surface area contributed by atoms with Crippen LogP contribution < -0.4 is 10.2 Å². The lowest BCUT2D eigenvalue weighted by Gasteiger charge is -2.42. The topological polar surface area (TPSA) is 103 Å². The number of ether oxygens (including phenoxy) is 2. The maximum Gasteiger partial charge on any atom is 0.317 e. The van der Waals surface area contributed by atoms with Gasteiger partial charge in [-0.05, 0) is 75.6 Å². The number of ketones is 1. The van der Waals surface area contributed by atoms with E-state index in [1.165, 1.54) is 0 Å². The van der Waals surface area contributed by atoms with E-state index in [0.717, 1.165) is 30.0 Å². The van der Waals surface area contributed by atoms with Crippen LogP contribution in [0.3, 0.4) is 0 Å². The van der Waals surface area contributed by atoms with Gasteiger partial charge in [0, 0.05) is 35.8 Å². The number of hydrogen-bond acceptors (Lipinski definition) is 8. The Morgan fingerprint density at radius 1 is 0.771 bits per heavy atom. The highest BCUT2D eigenvalue weighted by Gasteiger charge is 2.55. The number of hydrogen-bond donors (Lipinski definition) is 1. The van der Waals surface area contributed by atoms with Crippen LogP contribution in [0.25, 0.3) is 11.3 Å². The highest BCUT2D eigenvalue weighted by atomic mass is 16.5. The van der Waals surface area contributed by atoms with Gasteiger partial charge in [-0.3, -0.25) is 14.4 Å². The molecule has 4 atom stereocenters. The molecule has 0 fully saturated rings. The molecule has 48 heavy (non-hydrogen) atoms. The van der Waals surface area contributed by atoms with Crippen molar-refractivity contribution in [3.63, 3.8) is 0 Å². The minimum Gasteiger partial charge on any atom is -0.466 e. The third-order valence-corrected chi connectivity index (χ3v) is 9.39. The molecule has 0 bridgehead atoms. The molecular weight excluding hydrogens is 604 g/mol. The number of aromatic nitrogens is 2. The quantitative estimate of drug-likeness (QED) is 0.151. The molecule has 0 saturated heterocycles. The summed E-state index contributed by atoms with van der Waals surface area (Å²) >= 11 is 0. The summed E-state index contributed by atoms with van der Waals surface area (Å²) < 4.78 is 13.2. The van der Waals surface area contributed by atoms with Crippen LogP contribution in [0.15, 0.2) is 90.5 Å². The lowest BCUT2D eigenvalue weighted by Crippen LogP contribution is -2.46. The number of anilines is 2. The summed E-state index contributed by atoms with van der Waals surface area (Å²) in [6.45, 7) is 11.5. The highest BCUT2D eigenvalue weighted by Crippen LogP contribution is 2.55. The van der Waals surface area contributed by atoms with Gasteiger partial charge >= 0.3 is 11.9 Å². The van der Waals surface area contributed by atoms with Crippen LogP contribution in [0.4, 0.5) is 11.5 Å². The van der Waals surface area contributed by atoms with Gasteiger partial charge in [0.1, 0.15) is 11.7 Å². The third-order valence-electron chi connectivity index (χ3n) is 9.39. The Balaban J connectivity index is 1.66. The van der Waals surface area contributed by atoms with E-state index in [0.29, 0.717) is 33.8 Å². The van der Waals surface area contributed by atoms with Crippen molar-refractivity contribution < 1.29 is 23.9 Å². The van der Waals surface area contributed by atoms with Crippen LogP contribution in [0.5, 0.6) is 0 Å². The molecule has 1 aliphatic heterocycles. The Labute approximate surface area is 281 Å². The van der Waals surface area contributed by atoms with Crippen LogP contribution in [-0.2, 0) is 23.9 Å². The lowest BCUT2D eigenvalue weighted by atomic mass is 9.61. The maximum atomic E-state index is 15.0. The normalized spacial score (nSPS) is 20.0. The summed E-state index contributed by atoms with van der Waals surface area (Å²) in [7, 11) is 0. The maximum absolute atomic E-state index is 15.0. The first kappa shape index (κ1) is 32.7. The average molecular weight is 647 g/mol. The number of nitrogens with zero attached hydrogens (tertiary/aromatic N) is 3. The van der Waals surface area contributed by atoms with Gasteiger partial charge in [-0.15, -0.1) is 0 Å². The number of para-hydroxylation sites is 1. The van der Waals surface area contributed by atoms with E-state index in [2.05, 4.69) is 24.1 Å². The Morgan fingerprint density at radius 3 is 1.94 bits per heavy atom. The molecule has 6 rings (SSSR count). The molecule has 1 N–H and O–H groups in total. The van der Waals surface area contributed by atoms with Gasteiger partial charge < -0.3 is 19.7 Å². The zero-order valence-electron chi connectivity index (χ0n) is 28.1. The van der Waals surface area contributed by atoms with Crippen molar-refractivity contribution in [3.8, 4) is 5.69 Å². The number of aryl methyl sites for hydroxylation is 1. The van der Waals surface area contributed by atoms with Crippen LogP contribution in [0.2, 0.25) is 0 Å². The predicted molar refractivity (Wildman–Crippen MR) is 186 cm³/mol. The number of esters is 2. The summed E-state index contributed by atoms with van der Waals surface area (Å²) in [4.78, 5) is 45.5. The van der Waals surface area contributed by atoms with E-state index in [9.17, 15) is 9.59 Å². The van der Waals surface area contributed by atoms with Crippen LogP contribution in [0.1, 0.15) is 62.0 Å². The fourth-order valence-corrected chi connectivity index (χ4v) is 7.30. The van der Waals surface area contributed by atoms with Gasteiger partial charge in [-0.25, -0.2) is 4.68 Å². The molecule has 9 heteroatoms. The standard InChI is InChI=1S/C39H42N4O5/c1-6-42(7-2)27-22-20-26(21-23-27)35-33-31(29-24(5)41-43(37(29)40-35)28-18-14-11-15-19-28)32(38(45)47-8-3)30(25-16-12-10-13-17-25)34(36(33)44)39(46)48-9-4/h10-23,30,32,34-35,40H,6-9H2,1-5H3/t30-,32-,34-,35-/m0/s1. The molecular formula is C39H42N4O5. The molecule has 3 aromatic carbocycles. The van der Waals surface area contributed by atoms with E-state index in [1.807, 2.05) is 96.5 Å². The zero-order valence-corrected chi connectivity index (χ0v) is 28.1. The van der Waals surface area contributed by atoms with Crippen LogP contribution in [0, 0.1) is 18.8 Å². The van der Waals surface area contributed by atoms with E-state index < -0.39 is 35.7 Å². The van der Waals surface area contributed by atoms with Crippen molar-refractivity contribution in [2.75, 3.05) is 36.5 Å². The van der Waals surface area contributed by atoms with Crippen molar-refractivity contribution in [3.05, 3.63) is 113 Å². The first-order chi connectivity index (χ1) is 23.3. The smallest absolute Gasteiger partial charge is 0.317 e. The van der Waals surface area contributed by atoms with Gasteiger partial charge in [0.05, 0.1) is 36.6 Å². The van der Waals surface area contributed by atoms with Crippen LogP contribution >= 0.6 is 0 Å². The Kier molecular flexibility index (Phi) is 9.48. The summed E-state index contributed by atoms with van der Waals surface area (Å²) in [6.07, 6.45) is 0. The molecule has 2 heterocycles. The first-order valence-corrected chi connectivity index (χ1v) is 16.8. The van der Waals surface area contributed by atoms with Crippen molar-refractivity contribution in [2.45, 2.75) is 46.6 Å². The molecule has 2 aliphatic rings. The molecule has 0 radical (unpaired) electrons. The summed E-state index contributed by atoms with van der Waals surface area (Å²) in [5, 5.41) is 8.59. The van der Waals surface area contributed by atoms with E-state index >= 15 is 4.79 Å². The number of nitrogens with one attached hydrogen (secondary N) is 1. The van der Waals surface area contributed by atoms with Crippen molar-refractivity contribution >= 4 is 34.8 Å². The fraction of sp³-hybridized carbons (Fsp3) is 0.333. The second-order valence-corrected chi connectivity index (χ2v) is 12.0. The molecule has 9 nitrogen and oxygen atoms in total. The van der Waals surface area contributed by atoms with Gasteiger partial charge in [0.15, 0.2) is 5.78 Å². The van der Waals surface area contributed by atoms with E-state index in [1.54, 1.807) is 13.8 Å². The second kappa shape index (κ2) is 13.9. The Morgan fingerprint density at radius 2 is 1.35 bits per heavy atom. The number of fused-ring (bicyclic) bond motifs is 2. The predicted octanol–water partition coefficient (Wildman–Crippen LogP) is 6.67. The van der Waals surface area contributed by atoms with Gasteiger partial charge in [-0.2, -0.15) is 5.10 Å². The number of carbonyl (C=O) groups excluding carboxylic acids is 3. The summed E-state index contributed by atoms with van der Waals surface area (Å²) in [6, 6.07) is 26.4. The summed E-state index contributed by atoms with van der Waals surface area (Å²) in [5.74, 6) is -3.97. The van der Waals surface area contributed by atoms with Crippen molar-refractivity contribution in [1.29, 1.82) is 0 Å². The van der Waals surface area contributed by atoms with E-state index in [-0.39, 0.29) is 19.0 Å². The monoisotopic (exact) mass is 646 g/mol. The fourth-order valence-electron chi connectivity index (χ4n) is 7.30. The van der Waals surface area contributed by atoms with Gasteiger partial charge in [0.25, 0.3) is 0 Å². The van der Waals surface area contributed by atoms with Crippen LogP contribution in [-0.4, -0.2) is 53.8 Å². The number of carbonyl (C=O) groups is 3. The first-order valence-electron chi connectivity index (χ1n) is 16.8. The molecule has 248 valence electrons. The summed E-state index contributed by atoms with van der Waals surface area (Å²) in [5.41, 5.74) is 5.60. The Hall–Kier alpha value is -5.18. The number of rotatable bonds is 10. The largest absolute Gasteiger partial charge is 0.466 e. The Bertz CT molecular complexity index is 1830. The van der Waals surface area contributed by atoms with Crippen molar-refractivity contribution in [2.24, 2.45) is 11.8 Å². The molecule has 1 aliphatic carbocycles. The molecule has 0 unspecified atom stereocenters. The minimum absolute atomic E-state index is 0.0989. The molecule has 1 aromatic heterocycles. The van der Waals surface area contributed by atoms with Gasteiger partial charge in [0.2, 0.25) is 0 Å². The molecule has 0 spiro atoms. The van der Waals surface area contributed by atoms with Crippen molar-refractivity contribution in [1.82, 2.24) is 9.78 Å². The average Bonchev–Trinajstić information content (AvgIpc) is 3.45. The molecule has 0 saturated carbocycles. The SMILES string of the molecule is CCOC(=O)[C@@H]1C(=O)C2=C(c3c(C)nn(-c4ccccc4)c3N[C@H]2c2ccc(N(CC)CC)cc2)[C@@H](C(=O)OCC)[C@@H]1c1ccccc1. The number of benzene rings is 3. The molecule has 0 amide bonds. The second-order valence-electron chi connectivity index (χ2n) is 12.0. The zero-order chi connectivity index (χ0) is 33.9. The lowest BCUT2D eigenvalue weighted by molar-refractivity contribution is -0.154. The molecule has 4 aromatic rings. The number of Topliss-reactive ketones (excluding diaryl/α,β-unsaturated/α-hetero) is 1. The van der Waals surface area contributed by atoms with E-state index in [4.69, 9.17) is 14.6 Å². The van der Waals surface area contributed by atoms with Gasteiger partial charge in [-0.1, -0.05) is 60.7 Å². The third kappa shape index (κ3) is 5.67. The highest BCUT2D eigenvalue weighted by molar-refractivity contribution is 6.19.